The number of hydrogen-bond donors (Lipinski definition) is 0. The maximum absolute atomic E-state index is 6.25. The summed E-state index contributed by atoms with van der Waals surface area (Å²) in [6.07, 6.45) is 5.05. The summed E-state index contributed by atoms with van der Waals surface area (Å²) in [7, 11) is 0. The third-order valence-electron chi connectivity index (χ3n) is 3.35. The molecule has 0 saturated carbocycles. The average Bonchev–Trinajstić information content (AvgIpc) is 2.37. The van der Waals surface area contributed by atoms with Gasteiger partial charge in [-0.25, -0.2) is 0 Å². The van der Waals surface area contributed by atoms with Gasteiger partial charge in [0.2, 0.25) is 0 Å². The van der Waals surface area contributed by atoms with Crippen LogP contribution in [0.5, 0.6) is 0 Å². The van der Waals surface area contributed by atoms with Crippen molar-refractivity contribution >= 4 is 27.5 Å². The van der Waals surface area contributed by atoms with Crippen molar-refractivity contribution in [1.82, 2.24) is 0 Å². The molecule has 1 aromatic rings. The van der Waals surface area contributed by atoms with Gasteiger partial charge in [0, 0.05) is 9.85 Å². The molecule has 0 aromatic heterocycles. The van der Waals surface area contributed by atoms with Crippen LogP contribution in [0.25, 0.3) is 0 Å². The number of alkyl halides is 1. The first-order valence-electron chi connectivity index (χ1n) is 5.54. The lowest BCUT2D eigenvalue weighted by atomic mass is 9.94. The van der Waals surface area contributed by atoms with E-state index in [0.29, 0.717) is 4.83 Å². The Bertz CT molecular complexity index is 385. The third kappa shape index (κ3) is 2.09. The molecule has 0 fully saturated rings. The minimum absolute atomic E-state index is 0.493. The smallest absolute Gasteiger partial charge is 0.0441 e. The first-order valence-corrected chi connectivity index (χ1v) is 6.83. The SMILES string of the molecule is Cc1cc(Cl)c(C)c2c1CCCCC2Br. The predicted molar refractivity (Wildman–Crippen MR) is 70.1 cm³/mol. The molecule has 82 valence electrons. The number of rotatable bonds is 0. The highest BCUT2D eigenvalue weighted by Gasteiger charge is 2.21. The molecule has 1 unspecified atom stereocenters. The average molecular weight is 288 g/mol. The van der Waals surface area contributed by atoms with Crippen LogP contribution in [0.3, 0.4) is 0 Å². The van der Waals surface area contributed by atoms with E-state index in [1.54, 1.807) is 0 Å². The summed E-state index contributed by atoms with van der Waals surface area (Å²) in [6, 6.07) is 2.11. The van der Waals surface area contributed by atoms with E-state index in [0.717, 1.165) is 5.02 Å². The zero-order valence-electron chi connectivity index (χ0n) is 9.24. The van der Waals surface area contributed by atoms with E-state index in [9.17, 15) is 0 Å². The molecule has 0 amide bonds. The molecule has 0 heterocycles. The molecule has 2 rings (SSSR count). The van der Waals surface area contributed by atoms with E-state index in [-0.39, 0.29) is 0 Å². The zero-order valence-corrected chi connectivity index (χ0v) is 11.6. The van der Waals surface area contributed by atoms with Crippen LogP contribution in [0.2, 0.25) is 5.02 Å². The van der Waals surface area contributed by atoms with E-state index >= 15 is 0 Å². The Morgan fingerprint density at radius 3 is 2.80 bits per heavy atom. The summed E-state index contributed by atoms with van der Waals surface area (Å²) >= 11 is 10.0. The summed E-state index contributed by atoms with van der Waals surface area (Å²) in [5, 5.41) is 0.914. The summed E-state index contributed by atoms with van der Waals surface area (Å²) in [5.41, 5.74) is 5.60. The summed E-state index contributed by atoms with van der Waals surface area (Å²) in [6.45, 7) is 4.31. The van der Waals surface area contributed by atoms with Crippen LogP contribution in [0.1, 0.15) is 46.3 Å². The van der Waals surface area contributed by atoms with Gasteiger partial charge in [-0.1, -0.05) is 34.0 Å². The highest BCUT2D eigenvalue weighted by Crippen LogP contribution is 2.40. The van der Waals surface area contributed by atoms with Gasteiger partial charge in [-0.3, -0.25) is 0 Å². The fraction of sp³-hybridized carbons (Fsp3) is 0.538. The van der Waals surface area contributed by atoms with E-state index in [1.807, 2.05) is 0 Å². The Balaban J connectivity index is 2.63. The predicted octanol–water partition coefficient (Wildman–Crippen LogP) is 5.12. The van der Waals surface area contributed by atoms with Crippen molar-refractivity contribution in [1.29, 1.82) is 0 Å². The molecule has 0 bridgehead atoms. The molecule has 0 saturated heterocycles. The fourth-order valence-electron chi connectivity index (χ4n) is 2.48. The quantitative estimate of drug-likeness (QED) is 0.459. The number of benzene rings is 1. The Morgan fingerprint density at radius 2 is 2.07 bits per heavy atom. The lowest BCUT2D eigenvalue weighted by Gasteiger charge is -2.18. The second-order valence-electron chi connectivity index (χ2n) is 4.41. The van der Waals surface area contributed by atoms with Gasteiger partial charge in [-0.2, -0.15) is 0 Å². The van der Waals surface area contributed by atoms with Gasteiger partial charge < -0.3 is 0 Å². The number of fused-ring (bicyclic) bond motifs is 1. The lowest BCUT2D eigenvalue weighted by Crippen LogP contribution is -2.00. The fourth-order valence-corrected chi connectivity index (χ4v) is 3.69. The molecule has 0 N–H and O–H groups in total. The first kappa shape index (κ1) is 11.5. The molecule has 1 aromatic carbocycles. The Hall–Kier alpha value is -0.0100. The number of hydrogen-bond acceptors (Lipinski definition) is 0. The van der Waals surface area contributed by atoms with Crippen LogP contribution in [0, 0.1) is 13.8 Å². The van der Waals surface area contributed by atoms with Crippen LogP contribution >= 0.6 is 27.5 Å². The lowest BCUT2D eigenvalue weighted by molar-refractivity contribution is 0.707. The maximum Gasteiger partial charge on any atom is 0.0441 e. The monoisotopic (exact) mass is 286 g/mol. The number of aryl methyl sites for hydroxylation is 1. The van der Waals surface area contributed by atoms with Gasteiger partial charge in [0.15, 0.2) is 0 Å². The van der Waals surface area contributed by atoms with Crippen molar-refractivity contribution in [2.24, 2.45) is 0 Å². The van der Waals surface area contributed by atoms with E-state index in [1.165, 1.54) is 47.9 Å². The minimum atomic E-state index is 0.493. The van der Waals surface area contributed by atoms with Crippen molar-refractivity contribution in [3.8, 4) is 0 Å². The molecule has 0 aliphatic heterocycles. The van der Waals surface area contributed by atoms with Crippen molar-refractivity contribution in [3.05, 3.63) is 33.3 Å². The highest BCUT2D eigenvalue weighted by molar-refractivity contribution is 9.09. The Labute approximate surface area is 105 Å². The summed E-state index contributed by atoms with van der Waals surface area (Å²) in [4.78, 5) is 0.493. The van der Waals surface area contributed by atoms with Gasteiger partial charge in [-0.05, 0) is 61.4 Å². The second-order valence-corrected chi connectivity index (χ2v) is 5.92. The Kier molecular flexibility index (Phi) is 3.42. The molecule has 1 atom stereocenters. The molecule has 15 heavy (non-hydrogen) atoms. The van der Waals surface area contributed by atoms with Crippen LogP contribution < -0.4 is 0 Å². The maximum atomic E-state index is 6.25. The third-order valence-corrected chi connectivity index (χ3v) is 4.66. The van der Waals surface area contributed by atoms with E-state index in [2.05, 4.69) is 35.8 Å². The van der Waals surface area contributed by atoms with Crippen molar-refractivity contribution < 1.29 is 0 Å². The molecular formula is C13H16BrCl. The molecular weight excluding hydrogens is 272 g/mol. The van der Waals surface area contributed by atoms with Gasteiger partial charge in [0.25, 0.3) is 0 Å². The van der Waals surface area contributed by atoms with Gasteiger partial charge >= 0.3 is 0 Å². The normalized spacial score (nSPS) is 20.9. The van der Waals surface area contributed by atoms with E-state index < -0.39 is 0 Å². The van der Waals surface area contributed by atoms with E-state index in [4.69, 9.17) is 11.6 Å². The highest BCUT2D eigenvalue weighted by atomic mass is 79.9. The largest absolute Gasteiger partial charge is 0.0840 e. The molecule has 0 radical (unpaired) electrons. The second kappa shape index (κ2) is 4.47. The van der Waals surface area contributed by atoms with Crippen molar-refractivity contribution in [2.75, 3.05) is 0 Å². The van der Waals surface area contributed by atoms with Crippen LogP contribution in [0.4, 0.5) is 0 Å². The van der Waals surface area contributed by atoms with Crippen LogP contribution in [0.15, 0.2) is 6.07 Å². The van der Waals surface area contributed by atoms with Crippen LogP contribution in [-0.2, 0) is 6.42 Å². The van der Waals surface area contributed by atoms with Crippen molar-refractivity contribution in [3.63, 3.8) is 0 Å². The summed E-state index contributed by atoms with van der Waals surface area (Å²) < 4.78 is 0. The van der Waals surface area contributed by atoms with Gasteiger partial charge in [0.05, 0.1) is 0 Å². The minimum Gasteiger partial charge on any atom is -0.0840 e. The molecule has 1 aliphatic rings. The standard InChI is InChI=1S/C13H16BrCl/c1-8-7-12(15)9(2)13-10(8)5-3-4-6-11(13)14/h7,11H,3-6H2,1-2H3. The molecule has 1 aliphatic carbocycles. The van der Waals surface area contributed by atoms with Gasteiger partial charge in [0.1, 0.15) is 0 Å². The topological polar surface area (TPSA) is 0 Å². The molecule has 0 nitrogen and oxygen atoms in total. The molecule has 0 spiro atoms. The zero-order chi connectivity index (χ0) is 11.0. The Morgan fingerprint density at radius 1 is 1.33 bits per heavy atom. The van der Waals surface area contributed by atoms with Crippen LogP contribution in [-0.4, -0.2) is 0 Å². The number of halogens is 2. The molecule has 2 heteroatoms. The first-order chi connectivity index (χ1) is 7.11. The summed E-state index contributed by atoms with van der Waals surface area (Å²) in [5.74, 6) is 0. The van der Waals surface area contributed by atoms with Crippen molar-refractivity contribution in [2.45, 2.75) is 44.4 Å². The van der Waals surface area contributed by atoms with Gasteiger partial charge in [-0.15, -0.1) is 0 Å².